The van der Waals surface area contributed by atoms with Gasteiger partial charge < -0.3 is 5.73 Å². The Labute approximate surface area is 96.3 Å². The van der Waals surface area contributed by atoms with Crippen LogP contribution < -0.4 is 5.73 Å². The van der Waals surface area contributed by atoms with E-state index in [9.17, 15) is 4.79 Å². The van der Waals surface area contributed by atoms with Crippen molar-refractivity contribution in [2.24, 2.45) is 5.73 Å². The molecule has 0 heterocycles. The highest BCUT2D eigenvalue weighted by Gasteiger charge is 2.02. The fourth-order valence-electron chi connectivity index (χ4n) is 1.03. The predicted octanol–water partition coefficient (Wildman–Crippen LogP) is 1.97. The van der Waals surface area contributed by atoms with E-state index < -0.39 is 5.91 Å². The Morgan fingerprint density at radius 3 is 2.47 bits per heavy atom. The zero-order valence-corrected chi connectivity index (χ0v) is 9.49. The lowest BCUT2D eigenvalue weighted by atomic mass is 10.1. The van der Waals surface area contributed by atoms with Crippen molar-refractivity contribution in [3.8, 4) is 6.07 Å². The fourth-order valence-corrected chi connectivity index (χ4v) is 1.40. The van der Waals surface area contributed by atoms with Crippen molar-refractivity contribution in [2.45, 2.75) is 5.33 Å². The molecule has 1 aromatic carbocycles. The van der Waals surface area contributed by atoms with Crippen molar-refractivity contribution in [3.05, 3.63) is 41.0 Å². The van der Waals surface area contributed by atoms with E-state index in [1.54, 1.807) is 6.07 Å². The summed E-state index contributed by atoms with van der Waals surface area (Å²) in [5, 5.41) is 9.41. The number of hydrogen-bond donors (Lipinski definition) is 1. The second-order valence-corrected chi connectivity index (χ2v) is 3.47. The third-order valence-corrected chi connectivity index (χ3v) is 2.48. The van der Waals surface area contributed by atoms with E-state index in [1.165, 1.54) is 6.08 Å². The molecular weight excluding hydrogens is 256 g/mol. The SMILES string of the molecule is N#C/C(=C\c1ccc(CBr)cc1)C(N)=O. The van der Waals surface area contributed by atoms with Gasteiger partial charge in [0.25, 0.3) is 5.91 Å². The van der Waals surface area contributed by atoms with Gasteiger partial charge in [-0.3, -0.25) is 4.79 Å². The number of nitrogens with two attached hydrogens (primary N) is 1. The number of carbonyl (C=O) groups is 1. The first-order valence-electron chi connectivity index (χ1n) is 4.24. The molecule has 0 bridgehead atoms. The van der Waals surface area contributed by atoms with Crippen LogP contribution in [-0.4, -0.2) is 5.91 Å². The van der Waals surface area contributed by atoms with E-state index in [1.807, 2.05) is 24.3 Å². The second-order valence-electron chi connectivity index (χ2n) is 2.91. The maximum absolute atomic E-state index is 10.8. The summed E-state index contributed by atoms with van der Waals surface area (Å²) in [4.78, 5) is 10.8. The van der Waals surface area contributed by atoms with Gasteiger partial charge in [0.05, 0.1) is 0 Å². The lowest BCUT2D eigenvalue weighted by molar-refractivity contribution is -0.114. The van der Waals surface area contributed by atoms with Gasteiger partial charge in [-0.05, 0) is 17.2 Å². The number of alkyl halides is 1. The molecule has 0 atom stereocenters. The number of rotatable bonds is 3. The molecule has 3 nitrogen and oxygen atoms in total. The van der Waals surface area contributed by atoms with Crippen LogP contribution in [0, 0.1) is 11.3 Å². The van der Waals surface area contributed by atoms with E-state index in [4.69, 9.17) is 11.0 Å². The largest absolute Gasteiger partial charge is 0.365 e. The Balaban J connectivity index is 2.98. The third-order valence-electron chi connectivity index (χ3n) is 1.83. The highest BCUT2D eigenvalue weighted by molar-refractivity contribution is 9.08. The van der Waals surface area contributed by atoms with Gasteiger partial charge in [0, 0.05) is 5.33 Å². The Bertz CT molecular complexity index is 429. The van der Waals surface area contributed by atoms with Crippen molar-refractivity contribution >= 4 is 27.9 Å². The molecule has 0 aliphatic rings. The van der Waals surface area contributed by atoms with E-state index >= 15 is 0 Å². The molecule has 0 aliphatic heterocycles. The molecule has 1 aromatic rings. The standard InChI is InChI=1S/C11H9BrN2O/c12-6-9-3-1-8(2-4-9)5-10(7-13)11(14)15/h1-5H,6H2,(H2,14,15)/b10-5+. The monoisotopic (exact) mass is 264 g/mol. The van der Waals surface area contributed by atoms with Crippen LogP contribution in [0.1, 0.15) is 11.1 Å². The van der Waals surface area contributed by atoms with Crippen LogP contribution in [0.3, 0.4) is 0 Å². The van der Waals surface area contributed by atoms with E-state index in [2.05, 4.69) is 15.9 Å². The first kappa shape index (κ1) is 11.5. The zero-order valence-electron chi connectivity index (χ0n) is 7.90. The average molecular weight is 265 g/mol. The fraction of sp³-hybridized carbons (Fsp3) is 0.0909. The minimum Gasteiger partial charge on any atom is -0.365 e. The van der Waals surface area contributed by atoms with Gasteiger partial charge in [-0.25, -0.2) is 0 Å². The molecule has 0 unspecified atom stereocenters. The molecule has 0 spiro atoms. The van der Waals surface area contributed by atoms with Gasteiger partial charge in [0.15, 0.2) is 0 Å². The number of hydrogen-bond acceptors (Lipinski definition) is 2. The third kappa shape index (κ3) is 3.22. The van der Waals surface area contributed by atoms with Gasteiger partial charge in [-0.1, -0.05) is 40.2 Å². The van der Waals surface area contributed by atoms with E-state index in [-0.39, 0.29) is 5.57 Å². The van der Waals surface area contributed by atoms with Crippen molar-refractivity contribution in [3.63, 3.8) is 0 Å². The number of nitrogens with zero attached hydrogens (tertiary/aromatic N) is 1. The molecule has 2 N–H and O–H groups in total. The van der Waals surface area contributed by atoms with Crippen LogP contribution in [0.15, 0.2) is 29.8 Å². The highest BCUT2D eigenvalue weighted by Crippen LogP contribution is 2.10. The van der Waals surface area contributed by atoms with Gasteiger partial charge in [0.2, 0.25) is 0 Å². The van der Waals surface area contributed by atoms with E-state index in [0.717, 1.165) is 16.5 Å². The predicted molar refractivity (Wildman–Crippen MR) is 61.9 cm³/mol. The first-order chi connectivity index (χ1) is 7.17. The van der Waals surface area contributed by atoms with Crippen LogP contribution in [0.4, 0.5) is 0 Å². The maximum Gasteiger partial charge on any atom is 0.259 e. The lowest BCUT2D eigenvalue weighted by Gasteiger charge is -1.97. The number of benzene rings is 1. The van der Waals surface area contributed by atoms with Gasteiger partial charge in [0.1, 0.15) is 11.6 Å². The first-order valence-corrected chi connectivity index (χ1v) is 5.36. The summed E-state index contributed by atoms with van der Waals surface area (Å²) in [5.41, 5.74) is 6.89. The Kier molecular flexibility index (Phi) is 4.07. The number of primary amides is 1. The quantitative estimate of drug-likeness (QED) is 0.515. The molecule has 0 aliphatic carbocycles. The topological polar surface area (TPSA) is 66.9 Å². The van der Waals surface area contributed by atoms with Crippen LogP contribution >= 0.6 is 15.9 Å². The number of halogens is 1. The Morgan fingerprint density at radius 2 is 2.07 bits per heavy atom. The molecule has 1 rings (SSSR count). The maximum atomic E-state index is 10.8. The molecule has 0 radical (unpaired) electrons. The zero-order chi connectivity index (χ0) is 11.3. The number of amides is 1. The van der Waals surface area contributed by atoms with Crippen LogP contribution in [0.25, 0.3) is 6.08 Å². The molecule has 15 heavy (non-hydrogen) atoms. The van der Waals surface area contributed by atoms with Crippen LogP contribution in [0.2, 0.25) is 0 Å². The highest BCUT2D eigenvalue weighted by atomic mass is 79.9. The van der Waals surface area contributed by atoms with Crippen molar-refractivity contribution in [1.29, 1.82) is 5.26 Å². The minimum atomic E-state index is -0.706. The van der Waals surface area contributed by atoms with Crippen molar-refractivity contribution in [2.75, 3.05) is 0 Å². The summed E-state index contributed by atoms with van der Waals surface area (Å²) in [7, 11) is 0. The Morgan fingerprint density at radius 1 is 1.47 bits per heavy atom. The summed E-state index contributed by atoms with van der Waals surface area (Å²) in [5.74, 6) is -0.706. The van der Waals surface area contributed by atoms with Gasteiger partial charge >= 0.3 is 0 Å². The van der Waals surface area contributed by atoms with Crippen LogP contribution in [0.5, 0.6) is 0 Å². The number of nitriles is 1. The smallest absolute Gasteiger partial charge is 0.259 e. The van der Waals surface area contributed by atoms with Gasteiger partial charge in [-0.2, -0.15) is 5.26 Å². The summed E-state index contributed by atoms with van der Waals surface area (Å²) >= 11 is 3.33. The minimum absolute atomic E-state index is 0.0402. The summed E-state index contributed by atoms with van der Waals surface area (Å²) in [6.07, 6.45) is 1.47. The molecule has 0 saturated carbocycles. The summed E-state index contributed by atoms with van der Waals surface area (Å²) in [6, 6.07) is 9.24. The summed E-state index contributed by atoms with van der Waals surface area (Å²) in [6.45, 7) is 0. The second kappa shape index (κ2) is 5.32. The van der Waals surface area contributed by atoms with Gasteiger partial charge in [-0.15, -0.1) is 0 Å². The lowest BCUT2D eigenvalue weighted by Crippen LogP contribution is -2.12. The molecule has 0 saturated heterocycles. The molecular formula is C11H9BrN2O. The molecule has 76 valence electrons. The van der Waals surface area contributed by atoms with Crippen LogP contribution in [-0.2, 0) is 10.1 Å². The average Bonchev–Trinajstić information content (AvgIpc) is 2.26. The normalized spacial score (nSPS) is 10.8. The molecule has 4 heteroatoms. The van der Waals surface area contributed by atoms with Crippen molar-refractivity contribution in [1.82, 2.24) is 0 Å². The van der Waals surface area contributed by atoms with E-state index in [0.29, 0.717) is 0 Å². The molecule has 1 amide bonds. The Hall–Kier alpha value is -1.60. The molecule has 0 fully saturated rings. The number of carbonyl (C=O) groups excluding carboxylic acids is 1. The summed E-state index contributed by atoms with van der Waals surface area (Å²) < 4.78 is 0. The van der Waals surface area contributed by atoms with Crippen molar-refractivity contribution < 1.29 is 4.79 Å². The molecule has 0 aromatic heterocycles.